The lowest BCUT2D eigenvalue weighted by Crippen LogP contribution is -2.50. The third kappa shape index (κ3) is 4.81. The fourth-order valence-electron chi connectivity index (χ4n) is 2.14. The largest absolute Gasteiger partial charge is 0.373 e. The standard InChI is InChI=1S/C13H21N3O2S/c1-13(2)10-16(6-7-18-13)5-4-14-12(17)15-11-3-8-19-9-11/h3,8-9H,4-7,10H2,1-2H3,(H2,14,15,17). The second-order valence-corrected chi connectivity index (χ2v) is 6.06. The van der Waals surface area contributed by atoms with Crippen LogP contribution in [0.2, 0.25) is 0 Å². The summed E-state index contributed by atoms with van der Waals surface area (Å²) < 4.78 is 5.65. The highest BCUT2D eigenvalue weighted by molar-refractivity contribution is 7.08. The second-order valence-electron chi connectivity index (χ2n) is 5.28. The van der Waals surface area contributed by atoms with E-state index in [1.54, 1.807) is 11.3 Å². The summed E-state index contributed by atoms with van der Waals surface area (Å²) in [6.45, 7) is 8.27. The van der Waals surface area contributed by atoms with E-state index in [4.69, 9.17) is 4.74 Å². The maximum atomic E-state index is 11.6. The van der Waals surface area contributed by atoms with Gasteiger partial charge in [0, 0.05) is 31.6 Å². The van der Waals surface area contributed by atoms with Gasteiger partial charge >= 0.3 is 6.03 Å². The topological polar surface area (TPSA) is 53.6 Å². The van der Waals surface area contributed by atoms with E-state index in [1.807, 2.05) is 16.8 Å². The van der Waals surface area contributed by atoms with Crippen LogP contribution >= 0.6 is 11.3 Å². The smallest absolute Gasteiger partial charge is 0.319 e. The summed E-state index contributed by atoms with van der Waals surface area (Å²) in [7, 11) is 0. The molecule has 2 rings (SSSR count). The maximum absolute atomic E-state index is 11.6. The molecule has 0 aliphatic carbocycles. The number of hydrogen-bond acceptors (Lipinski definition) is 4. The lowest BCUT2D eigenvalue weighted by Gasteiger charge is -2.38. The zero-order valence-corrected chi connectivity index (χ0v) is 12.3. The summed E-state index contributed by atoms with van der Waals surface area (Å²) in [4.78, 5) is 13.9. The molecule has 0 radical (unpaired) electrons. The monoisotopic (exact) mass is 283 g/mol. The van der Waals surface area contributed by atoms with Crippen molar-refractivity contribution in [3.05, 3.63) is 16.8 Å². The first kappa shape index (κ1) is 14.3. The van der Waals surface area contributed by atoms with Gasteiger partial charge in [-0.2, -0.15) is 11.3 Å². The Balaban J connectivity index is 1.64. The first-order valence-corrected chi connectivity index (χ1v) is 7.43. The van der Waals surface area contributed by atoms with Crippen molar-refractivity contribution in [1.29, 1.82) is 0 Å². The minimum absolute atomic E-state index is 0.0861. The minimum Gasteiger partial charge on any atom is -0.373 e. The Labute approximate surface area is 117 Å². The summed E-state index contributed by atoms with van der Waals surface area (Å²) in [6, 6.07) is 1.74. The van der Waals surface area contributed by atoms with Gasteiger partial charge in [0.25, 0.3) is 0 Å². The van der Waals surface area contributed by atoms with Gasteiger partial charge in [-0.15, -0.1) is 0 Å². The molecule has 2 amide bonds. The molecule has 1 aliphatic heterocycles. The predicted octanol–water partition coefficient (Wildman–Crippen LogP) is 1.98. The number of carbonyl (C=O) groups is 1. The van der Waals surface area contributed by atoms with Crippen molar-refractivity contribution in [3.8, 4) is 0 Å². The highest BCUT2D eigenvalue weighted by Crippen LogP contribution is 2.15. The summed E-state index contributed by atoms with van der Waals surface area (Å²) >= 11 is 1.56. The van der Waals surface area contributed by atoms with E-state index in [-0.39, 0.29) is 11.6 Å². The zero-order chi connectivity index (χ0) is 13.7. The normalized spacial score (nSPS) is 19.1. The van der Waals surface area contributed by atoms with Crippen LogP contribution in [-0.4, -0.2) is 49.3 Å². The lowest BCUT2D eigenvalue weighted by atomic mass is 10.1. The molecule has 1 aliphatic rings. The molecule has 1 aromatic rings. The number of anilines is 1. The molecule has 2 N–H and O–H groups in total. The fraction of sp³-hybridized carbons (Fsp3) is 0.615. The molecule has 1 aromatic heterocycles. The predicted molar refractivity (Wildman–Crippen MR) is 77.8 cm³/mol. The SMILES string of the molecule is CC1(C)CN(CCNC(=O)Nc2ccsc2)CCO1. The number of hydrogen-bond donors (Lipinski definition) is 2. The molecular formula is C13H21N3O2S. The number of morpholine rings is 1. The molecule has 1 fully saturated rings. The maximum Gasteiger partial charge on any atom is 0.319 e. The number of thiophene rings is 1. The number of urea groups is 1. The van der Waals surface area contributed by atoms with E-state index in [0.717, 1.165) is 31.9 Å². The molecule has 0 unspecified atom stereocenters. The summed E-state index contributed by atoms with van der Waals surface area (Å²) in [6.07, 6.45) is 0. The van der Waals surface area contributed by atoms with Crippen LogP contribution in [0.25, 0.3) is 0 Å². The van der Waals surface area contributed by atoms with Crippen LogP contribution in [0.3, 0.4) is 0 Å². The van der Waals surface area contributed by atoms with Gasteiger partial charge in [-0.1, -0.05) is 0 Å². The van der Waals surface area contributed by atoms with Gasteiger partial charge in [0.15, 0.2) is 0 Å². The van der Waals surface area contributed by atoms with Gasteiger partial charge in [0.1, 0.15) is 0 Å². The Kier molecular flexibility index (Phi) is 4.79. The number of nitrogens with zero attached hydrogens (tertiary/aromatic N) is 1. The van der Waals surface area contributed by atoms with E-state index in [9.17, 15) is 4.79 Å². The van der Waals surface area contributed by atoms with Crippen LogP contribution in [0, 0.1) is 0 Å². The Hall–Kier alpha value is -1.11. The van der Waals surface area contributed by atoms with Crippen molar-refractivity contribution in [2.75, 3.05) is 38.1 Å². The fourth-order valence-corrected chi connectivity index (χ4v) is 2.73. The molecule has 106 valence electrons. The van der Waals surface area contributed by atoms with Crippen molar-refractivity contribution in [2.24, 2.45) is 0 Å². The van der Waals surface area contributed by atoms with Crippen LogP contribution in [0.15, 0.2) is 16.8 Å². The van der Waals surface area contributed by atoms with Gasteiger partial charge in [-0.25, -0.2) is 4.79 Å². The van der Waals surface area contributed by atoms with Gasteiger partial charge < -0.3 is 15.4 Å². The van der Waals surface area contributed by atoms with Crippen molar-refractivity contribution < 1.29 is 9.53 Å². The summed E-state index contributed by atoms with van der Waals surface area (Å²) in [5.41, 5.74) is 0.756. The molecule has 0 atom stereocenters. The number of rotatable bonds is 4. The van der Waals surface area contributed by atoms with E-state index in [0.29, 0.717) is 6.54 Å². The van der Waals surface area contributed by atoms with E-state index < -0.39 is 0 Å². The molecule has 0 saturated carbocycles. The Bertz CT molecular complexity index is 406. The molecule has 0 bridgehead atoms. The van der Waals surface area contributed by atoms with Crippen LogP contribution in [0.4, 0.5) is 10.5 Å². The Morgan fingerprint density at radius 2 is 2.42 bits per heavy atom. The molecule has 0 aromatic carbocycles. The quantitative estimate of drug-likeness (QED) is 0.888. The first-order valence-electron chi connectivity index (χ1n) is 6.48. The van der Waals surface area contributed by atoms with Gasteiger partial charge in [-0.3, -0.25) is 4.90 Å². The van der Waals surface area contributed by atoms with Crippen LogP contribution < -0.4 is 10.6 Å². The number of ether oxygens (including phenoxy) is 1. The van der Waals surface area contributed by atoms with Crippen molar-refractivity contribution in [1.82, 2.24) is 10.2 Å². The van der Waals surface area contributed by atoms with Gasteiger partial charge in [-0.05, 0) is 25.3 Å². The highest BCUT2D eigenvalue weighted by atomic mass is 32.1. The second kappa shape index (κ2) is 6.36. The van der Waals surface area contributed by atoms with Crippen LogP contribution in [-0.2, 0) is 4.74 Å². The number of amides is 2. The molecule has 0 spiro atoms. The highest BCUT2D eigenvalue weighted by Gasteiger charge is 2.26. The van der Waals surface area contributed by atoms with Crippen LogP contribution in [0.5, 0.6) is 0 Å². The van der Waals surface area contributed by atoms with Gasteiger partial charge in [0.05, 0.1) is 17.9 Å². The molecular weight excluding hydrogens is 262 g/mol. The zero-order valence-electron chi connectivity index (χ0n) is 11.4. The van der Waals surface area contributed by atoms with E-state index in [1.165, 1.54) is 0 Å². The Morgan fingerprint density at radius 3 is 3.11 bits per heavy atom. The first-order chi connectivity index (χ1) is 9.05. The van der Waals surface area contributed by atoms with Crippen molar-refractivity contribution in [2.45, 2.75) is 19.4 Å². The van der Waals surface area contributed by atoms with E-state index >= 15 is 0 Å². The lowest BCUT2D eigenvalue weighted by molar-refractivity contribution is -0.0852. The number of nitrogens with one attached hydrogen (secondary N) is 2. The number of carbonyl (C=O) groups excluding carboxylic acids is 1. The third-order valence-electron chi connectivity index (χ3n) is 3.00. The molecule has 6 heteroatoms. The van der Waals surface area contributed by atoms with Crippen molar-refractivity contribution in [3.63, 3.8) is 0 Å². The minimum atomic E-state index is -0.147. The molecule has 1 saturated heterocycles. The van der Waals surface area contributed by atoms with Crippen LogP contribution in [0.1, 0.15) is 13.8 Å². The third-order valence-corrected chi connectivity index (χ3v) is 3.68. The molecule has 5 nitrogen and oxygen atoms in total. The van der Waals surface area contributed by atoms with Gasteiger partial charge in [0.2, 0.25) is 0 Å². The molecule has 2 heterocycles. The van der Waals surface area contributed by atoms with E-state index in [2.05, 4.69) is 29.4 Å². The summed E-state index contributed by atoms with van der Waals surface area (Å²) in [5, 5.41) is 9.50. The average Bonchev–Trinajstić information content (AvgIpc) is 2.80. The summed E-state index contributed by atoms with van der Waals surface area (Å²) in [5.74, 6) is 0. The Morgan fingerprint density at radius 1 is 1.58 bits per heavy atom. The molecule has 19 heavy (non-hydrogen) atoms. The van der Waals surface area contributed by atoms with Crippen molar-refractivity contribution >= 4 is 23.1 Å². The average molecular weight is 283 g/mol.